The summed E-state index contributed by atoms with van der Waals surface area (Å²) in [6, 6.07) is 9.58. The van der Waals surface area contributed by atoms with Gasteiger partial charge in [0.15, 0.2) is 0 Å². The summed E-state index contributed by atoms with van der Waals surface area (Å²) in [6.07, 6.45) is 1.92. The van der Waals surface area contributed by atoms with Crippen molar-refractivity contribution in [2.24, 2.45) is 5.92 Å². The van der Waals surface area contributed by atoms with Crippen molar-refractivity contribution in [3.8, 4) is 10.7 Å². The minimum absolute atomic E-state index is 0.113. The second-order valence-corrected chi connectivity index (χ2v) is 11.5. The normalized spacial score (nSPS) is 17.2. The summed E-state index contributed by atoms with van der Waals surface area (Å²) in [7, 11) is -3.74. The van der Waals surface area contributed by atoms with E-state index in [0.717, 1.165) is 11.1 Å². The molecule has 8 nitrogen and oxygen atoms in total. The number of hydrogen-bond acceptors (Lipinski definition) is 7. The molecule has 0 spiro atoms. The average molecular weight is 489 g/mol. The standard InChI is InChI=1S/C23H28N4O4S2/c1-4-21-25-22(26-31-21)19-12-20(16(3)32-19)33(29,30)27-10-6-9-18(14-27)23(28)24-13-17-8-5-7-15(2)11-17/h5,7-8,11-12,18H,4,6,9-10,13-14H2,1-3H3,(H,24,28). The molecule has 3 aromatic rings. The topological polar surface area (TPSA) is 105 Å². The van der Waals surface area contributed by atoms with Crippen LogP contribution in [0, 0.1) is 19.8 Å². The maximum absolute atomic E-state index is 13.4. The molecule has 1 atom stereocenters. The third-order valence-corrected chi connectivity index (χ3v) is 8.95. The lowest BCUT2D eigenvalue weighted by Gasteiger charge is -2.31. The van der Waals surface area contributed by atoms with Gasteiger partial charge in [0.25, 0.3) is 0 Å². The molecule has 176 valence electrons. The Hall–Kier alpha value is -2.56. The van der Waals surface area contributed by atoms with Gasteiger partial charge in [-0.05, 0) is 38.3 Å². The predicted octanol–water partition coefficient (Wildman–Crippen LogP) is 3.69. The summed E-state index contributed by atoms with van der Waals surface area (Å²) in [5, 5.41) is 6.92. The van der Waals surface area contributed by atoms with E-state index in [1.165, 1.54) is 15.6 Å². The Labute approximate surface area is 198 Å². The van der Waals surface area contributed by atoms with E-state index in [4.69, 9.17) is 4.52 Å². The van der Waals surface area contributed by atoms with E-state index in [9.17, 15) is 13.2 Å². The Balaban J connectivity index is 1.46. The molecule has 1 aromatic carbocycles. The van der Waals surface area contributed by atoms with Crippen LogP contribution in [0.5, 0.6) is 0 Å². The molecule has 1 aliphatic rings. The van der Waals surface area contributed by atoms with Crippen LogP contribution in [0.4, 0.5) is 0 Å². The number of aryl methyl sites for hydroxylation is 3. The summed E-state index contributed by atoms with van der Waals surface area (Å²) >= 11 is 1.33. The van der Waals surface area contributed by atoms with Gasteiger partial charge in [0.05, 0.1) is 15.7 Å². The van der Waals surface area contributed by atoms with Gasteiger partial charge in [-0.1, -0.05) is 41.9 Å². The quantitative estimate of drug-likeness (QED) is 0.544. The smallest absolute Gasteiger partial charge is 0.244 e. The van der Waals surface area contributed by atoms with Crippen molar-refractivity contribution in [3.05, 3.63) is 52.2 Å². The van der Waals surface area contributed by atoms with E-state index in [-0.39, 0.29) is 23.3 Å². The van der Waals surface area contributed by atoms with Crippen molar-refractivity contribution in [1.29, 1.82) is 0 Å². The van der Waals surface area contributed by atoms with Crippen molar-refractivity contribution < 1.29 is 17.7 Å². The highest BCUT2D eigenvalue weighted by Gasteiger charge is 2.35. The number of carbonyl (C=O) groups is 1. The van der Waals surface area contributed by atoms with E-state index < -0.39 is 10.0 Å². The van der Waals surface area contributed by atoms with E-state index in [0.29, 0.717) is 53.8 Å². The van der Waals surface area contributed by atoms with Gasteiger partial charge in [-0.3, -0.25) is 4.79 Å². The Morgan fingerprint density at radius 3 is 2.85 bits per heavy atom. The monoisotopic (exact) mass is 488 g/mol. The molecule has 1 N–H and O–H groups in total. The first-order valence-corrected chi connectivity index (χ1v) is 13.3. The van der Waals surface area contributed by atoms with Gasteiger partial charge in [0.1, 0.15) is 0 Å². The summed E-state index contributed by atoms with van der Waals surface area (Å²) in [5.41, 5.74) is 2.16. The number of amides is 1. The number of piperidine rings is 1. The number of sulfonamides is 1. The SMILES string of the molecule is CCc1nc(-c2cc(S(=O)(=O)N3CCCC(C(=O)NCc4cccc(C)c4)C3)c(C)s2)no1. The molecule has 1 aliphatic heterocycles. The lowest BCUT2D eigenvalue weighted by atomic mass is 9.98. The molecule has 0 radical (unpaired) electrons. The average Bonchev–Trinajstić information content (AvgIpc) is 3.44. The van der Waals surface area contributed by atoms with Crippen LogP contribution in [-0.2, 0) is 27.8 Å². The summed E-state index contributed by atoms with van der Waals surface area (Å²) < 4.78 is 33.5. The van der Waals surface area contributed by atoms with Crippen molar-refractivity contribution in [2.45, 2.75) is 51.5 Å². The first-order valence-electron chi connectivity index (χ1n) is 11.0. The summed E-state index contributed by atoms with van der Waals surface area (Å²) in [5.74, 6) is 0.420. The number of aromatic nitrogens is 2. The van der Waals surface area contributed by atoms with Crippen LogP contribution in [0.3, 0.4) is 0 Å². The Bertz CT molecular complexity index is 1250. The molecule has 2 aromatic heterocycles. The molecule has 10 heteroatoms. The number of carbonyl (C=O) groups excluding carboxylic acids is 1. The van der Waals surface area contributed by atoms with Crippen molar-refractivity contribution in [3.63, 3.8) is 0 Å². The molecule has 1 unspecified atom stereocenters. The molecule has 1 saturated heterocycles. The second-order valence-electron chi connectivity index (χ2n) is 8.31. The van der Waals surface area contributed by atoms with E-state index >= 15 is 0 Å². The molecular formula is C23H28N4O4S2. The summed E-state index contributed by atoms with van der Waals surface area (Å²) in [4.78, 5) is 18.7. The van der Waals surface area contributed by atoms with Gasteiger partial charge in [-0.2, -0.15) is 9.29 Å². The Morgan fingerprint density at radius 2 is 2.12 bits per heavy atom. The van der Waals surface area contributed by atoms with Crippen LogP contribution < -0.4 is 5.32 Å². The van der Waals surface area contributed by atoms with Gasteiger partial charge in [0, 0.05) is 30.9 Å². The molecule has 0 saturated carbocycles. The van der Waals surface area contributed by atoms with Gasteiger partial charge in [0.2, 0.25) is 27.6 Å². The summed E-state index contributed by atoms with van der Waals surface area (Å²) in [6.45, 7) is 6.70. The number of thiophene rings is 1. The minimum Gasteiger partial charge on any atom is -0.352 e. The molecule has 1 amide bonds. The highest BCUT2D eigenvalue weighted by Crippen LogP contribution is 2.35. The fourth-order valence-electron chi connectivity index (χ4n) is 4.00. The second kappa shape index (κ2) is 9.74. The fraction of sp³-hybridized carbons (Fsp3) is 0.435. The van der Waals surface area contributed by atoms with E-state index in [1.807, 2.05) is 38.1 Å². The molecular weight excluding hydrogens is 460 g/mol. The molecule has 4 rings (SSSR count). The van der Waals surface area contributed by atoms with Crippen molar-refractivity contribution >= 4 is 27.3 Å². The number of nitrogens with zero attached hydrogens (tertiary/aromatic N) is 3. The van der Waals surface area contributed by atoms with Gasteiger partial charge >= 0.3 is 0 Å². The number of rotatable bonds is 7. The van der Waals surface area contributed by atoms with Crippen LogP contribution in [0.25, 0.3) is 10.7 Å². The maximum Gasteiger partial charge on any atom is 0.244 e. The molecule has 3 heterocycles. The van der Waals surface area contributed by atoms with E-state index in [1.54, 1.807) is 13.0 Å². The van der Waals surface area contributed by atoms with Crippen molar-refractivity contribution in [1.82, 2.24) is 19.8 Å². The third kappa shape index (κ3) is 5.18. The third-order valence-electron chi connectivity index (χ3n) is 5.79. The molecule has 0 aliphatic carbocycles. The number of benzene rings is 1. The maximum atomic E-state index is 13.4. The lowest BCUT2D eigenvalue weighted by Crippen LogP contribution is -2.45. The zero-order valence-corrected chi connectivity index (χ0v) is 20.6. The lowest BCUT2D eigenvalue weighted by molar-refractivity contribution is -0.126. The fourth-order valence-corrected chi connectivity index (χ4v) is 7.01. The minimum atomic E-state index is -3.74. The number of nitrogens with one attached hydrogen (secondary N) is 1. The highest BCUT2D eigenvalue weighted by molar-refractivity contribution is 7.89. The molecule has 0 bridgehead atoms. The first-order chi connectivity index (χ1) is 15.8. The van der Waals surface area contributed by atoms with Crippen LogP contribution in [-0.4, -0.2) is 41.9 Å². The highest BCUT2D eigenvalue weighted by atomic mass is 32.2. The predicted molar refractivity (Wildman–Crippen MR) is 126 cm³/mol. The van der Waals surface area contributed by atoms with E-state index in [2.05, 4.69) is 15.5 Å². The zero-order chi connectivity index (χ0) is 23.6. The van der Waals surface area contributed by atoms with Gasteiger partial charge in [-0.25, -0.2) is 8.42 Å². The number of hydrogen-bond donors (Lipinski definition) is 1. The van der Waals surface area contributed by atoms with Crippen LogP contribution in [0.2, 0.25) is 0 Å². The van der Waals surface area contributed by atoms with Crippen LogP contribution >= 0.6 is 11.3 Å². The Morgan fingerprint density at radius 1 is 1.30 bits per heavy atom. The molecule has 33 heavy (non-hydrogen) atoms. The van der Waals surface area contributed by atoms with Gasteiger partial charge in [-0.15, -0.1) is 11.3 Å². The van der Waals surface area contributed by atoms with Gasteiger partial charge < -0.3 is 9.84 Å². The zero-order valence-electron chi connectivity index (χ0n) is 19.0. The van der Waals surface area contributed by atoms with Crippen LogP contribution in [0.15, 0.2) is 39.8 Å². The van der Waals surface area contributed by atoms with Crippen molar-refractivity contribution in [2.75, 3.05) is 13.1 Å². The Kier molecular flexibility index (Phi) is 6.96. The molecule has 1 fully saturated rings. The largest absolute Gasteiger partial charge is 0.352 e. The first kappa shape index (κ1) is 23.6. The van der Waals surface area contributed by atoms with Crippen LogP contribution in [0.1, 0.15) is 41.7 Å².